The Kier molecular flexibility index (Phi) is 16.9. The van der Waals surface area contributed by atoms with Crippen molar-refractivity contribution in [3.8, 4) is 0 Å². The molecule has 1 aliphatic rings. The molecule has 2 atom stereocenters. The molecule has 0 radical (unpaired) electrons. The molecule has 8 nitrogen and oxygen atoms in total. The molecular formula is C33H50F3N5O3. The van der Waals surface area contributed by atoms with Crippen molar-refractivity contribution in [3.63, 3.8) is 0 Å². The number of nitrogens with zero attached hydrogens (tertiary/aromatic N) is 2. The lowest BCUT2D eigenvalue weighted by Crippen LogP contribution is -2.47. The van der Waals surface area contributed by atoms with Gasteiger partial charge in [-0.05, 0) is 69.9 Å². The van der Waals surface area contributed by atoms with Gasteiger partial charge in [0.1, 0.15) is 6.29 Å². The highest BCUT2D eigenvalue weighted by Crippen LogP contribution is 2.28. The first-order valence-electron chi connectivity index (χ1n) is 14.9. The molecule has 44 heavy (non-hydrogen) atoms. The summed E-state index contributed by atoms with van der Waals surface area (Å²) in [6.07, 6.45) is -0.148. The zero-order valence-electron chi connectivity index (χ0n) is 26.9. The molecule has 246 valence electrons. The minimum absolute atomic E-state index is 0.0567. The Bertz CT molecular complexity index is 1120. The summed E-state index contributed by atoms with van der Waals surface area (Å²) in [6.45, 7) is 10.5. The van der Waals surface area contributed by atoms with Gasteiger partial charge in [-0.3, -0.25) is 9.59 Å². The van der Waals surface area contributed by atoms with E-state index in [0.717, 1.165) is 50.0 Å². The van der Waals surface area contributed by atoms with Gasteiger partial charge in [0.15, 0.2) is 0 Å². The van der Waals surface area contributed by atoms with Crippen molar-refractivity contribution >= 4 is 18.1 Å². The lowest BCUT2D eigenvalue weighted by atomic mass is 9.88. The average molecular weight is 622 g/mol. The van der Waals surface area contributed by atoms with E-state index >= 15 is 0 Å². The quantitative estimate of drug-likeness (QED) is 0.346. The topological polar surface area (TPSA) is 108 Å². The van der Waals surface area contributed by atoms with E-state index < -0.39 is 17.8 Å². The van der Waals surface area contributed by atoms with Gasteiger partial charge in [0.25, 0.3) is 0 Å². The van der Waals surface area contributed by atoms with E-state index in [1.165, 1.54) is 30.5 Å². The first-order chi connectivity index (χ1) is 20.6. The third-order valence-electron chi connectivity index (χ3n) is 7.25. The number of hydrogen-bond donors (Lipinski definition) is 3. The van der Waals surface area contributed by atoms with Crippen molar-refractivity contribution < 1.29 is 27.6 Å². The Morgan fingerprint density at radius 1 is 1.09 bits per heavy atom. The smallest absolute Gasteiger partial charge is 0.345 e. The Morgan fingerprint density at radius 3 is 2.16 bits per heavy atom. The van der Waals surface area contributed by atoms with Crippen LogP contribution in [0.2, 0.25) is 0 Å². The largest absolute Gasteiger partial charge is 0.416 e. The van der Waals surface area contributed by atoms with Gasteiger partial charge in [0.2, 0.25) is 11.8 Å². The predicted molar refractivity (Wildman–Crippen MR) is 169 cm³/mol. The summed E-state index contributed by atoms with van der Waals surface area (Å²) in [4.78, 5) is 38.1. The fourth-order valence-electron chi connectivity index (χ4n) is 4.40. The molecule has 1 saturated heterocycles. The highest BCUT2D eigenvalue weighted by atomic mass is 19.4. The number of hydrogen-bond acceptors (Lipinski definition) is 6. The van der Waals surface area contributed by atoms with Gasteiger partial charge in [-0.15, -0.1) is 0 Å². The molecule has 2 aromatic rings. The van der Waals surface area contributed by atoms with Gasteiger partial charge in [0.05, 0.1) is 24.7 Å². The van der Waals surface area contributed by atoms with Crippen LogP contribution in [0.1, 0.15) is 50.3 Å². The number of aryl methyl sites for hydroxylation is 1. The number of amides is 2. The predicted octanol–water partition coefficient (Wildman–Crippen LogP) is 4.06. The van der Waals surface area contributed by atoms with Gasteiger partial charge in [0, 0.05) is 19.1 Å². The first kappa shape index (κ1) is 38.7. The maximum Gasteiger partial charge on any atom is 0.416 e. The highest BCUT2D eigenvalue weighted by Gasteiger charge is 2.30. The monoisotopic (exact) mass is 621 g/mol. The fourth-order valence-corrected chi connectivity index (χ4v) is 4.40. The van der Waals surface area contributed by atoms with Gasteiger partial charge in [-0.2, -0.15) is 13.2 Å². The number of halogens is 3. The number of rotatable bonds is 10. The number of aldehydes is 1. The van der Waals surface area contributed by atoms with Crippen molar-refractivity contribution in [2.75, 3.05) is 46.8 Å². The molecule has 1 heterocycles. The average Bonchev–Trinajstić information content (AvgIpc) is 3.38. The van der Waals surface area contributed by atoms with Crippen LogP contribution in [0.25, 0.3) is 0 Å². The van der Waals surface area contributed by atoms with Crippen molar-refractivity contribution in [1.82, 2.24) is 20.4 Å². The highest BCUT2D eigenvalue weighted by molar-refractivity contribution is 5.81. The molecule has 2 unspecified atom stereocenters. The van der Waals surface area contributed by atoms with Crippen LogP contribution >= 0.6 is 0 Å². The van der Waals surface area contributed by atoms with Crippen LogP contribution in [-0.4, -0.2) is 86.8 Å². The summed E-state index contributed by atoms with van der Waals surface area (Å²) in [5.74, 6) is -0.101. The lowest BCUT2D eigenvalue weighted by Gasteiger charge is -2.29. The Hall–Kier alpha value is -3.28. The number of nitrogens with one attached hydrogen (secondary N) is 2. The third kappa shape index (κ3) is 14.9. The number of nitrogens with two attached hydrogens (primary N) is 1. The van der Waals surface area contributed by atoms with E-state index in [4.69, 9.17) is 5.73 Å². The molecule has 11 heteroatoms. The summed E-state index contributed by atoms with van der Waals surface area (Å²) >= 11 is 0. The summed E-state index contributed by atoms with van der Waals surface area (Å²) in [6, 6.07) is 15.4. The minimum Gasteiger partial charge on any atom is -0.345 e. The van der Waals surface area contributed by atoms with Gasteiger partial charge < -0.3 is 31.0 Å². The normalized spacial score (nSPS) is 15.6. The van der Waals surface area contributed by atoms with Gasteiger partial charge >= 0.3 is 6.18 Å². The second-order valence-corrected chi connectivity index (χ2v) is 12.0. The number of alkyl halides is 3. The molecule has 3 rings (SSSR count). The van der Waals surface area contributed by atoms with E-state index in [1.54, 1.807) is 14.0 Å². The fraction of sp³-hybridized carbons (Fsp3) is 0.545. The number of carbonyl (C=O) groups is 3. The van der Waals surface area contributed by atoms with Crippen LogP contribution in [0.3, 0.4) is 0 Å². The molecule has 1 aliphatic heterocycles. The number of likely N-dealkylation sites (tertiary alicyclic amines) is 1. The zero-order valence-corrected chi connectivity index (χ0v) is 26.9. The zero-order chi connectivity index (χ0) is 33.3. The van der Waals surface area contributed by atoms with Crippen molar-refractivity contribution in [1.29, 1.82) is 0 Å². The van der Waals surface area contributed by atoms with Gasteiger partial charge in [-0.25, -0.2) is 0 Å². The van der Waals surface area contributed by atoms with Crippen LogP contribution in [0.4, 0.5) is 13.2 Å². The van der Waals surface area contributed by atoms with E-state index in [1.807, 2.05) is 43.9 Å². The molecular weight excluding hydrogens is 571 g/mol. The van der Waals surface area contributed by atoms with Crippen molar-refractivity contribution in [3.05, 3.63) is 71.3 Å². The third-order valence-corrected chi connectivity index (χ3v) is 7.25. The second kappa shape index (κ2) is 19.2. The molecule has 0 aliphatic carbocycles. The summed E-state index contributed by atoms with van der Waals surface area (Å²) in [5.41, 5.74) is 6.82. The number of likely N-dealkylation sites (N-methyl/N-ethyl adjacent to an activating group) is 2. The maximum atomic E-state index is 12.0. The lowest BCUT2D eigenvalue weighted by molar-refractivity contribution is -0.137. The molecule has 0 spiro atoms. The molecule has 0 saturated carbocycles. The summed E-state index contributed by atoms with van der Waals surface area (Å²) in [7, 11) is 3.83. The summed E-state index contributed by atoms with van der Waals surface area (Å²) < 4.78 is 35.8. The number of benzene rings is 2. The van der Waals surface area contributed by atoms with E-state index in [9.17, 15) is 27.6 Å². The van der Waals surface area contributed by atoms with Crippen LogP contribution in [0.5, 0.6) is 0 Å². The summed E-state index contributed by atoms with van der Waals surface area (Å²) in [5, 5.41) is 5.36. The SMILES string of the molecule is CN1CCCC1CN(CCc1ccccc1)C(=O)CN.CNCC(=O)NC(C=O)C(C)(C)C.Cc1ccc(C(F)(F)F)cc1. The van der Waals surface area contributed by atoms with Crippen molar-refractivity contribution in [2.45, 2.75) is 65.2 Å². The van der Waals surface area contributed by atoms with E-state index in [-0.39, 0.29) is 30.3 Å². The first-order valence-corrected chi connectivity index (χ1v) is 14.9. The molecule has 2 aromatic carbocycles. The Labute approximate surface area is 260 Å². The molecule has 0 aromatic heterocycles. The maximum absolute atomic E-state index is 12.0. The minimum atomic E-state index is -4.21. The van der Waals surface area contributed by atoms with Crippen LogP contribution < -0.4 is 16.4 Å². The van der Waals surface area contributed by atoms with Crippen LogP contribution in [-0.2, 0) is 27.0 Å². The van der Waals surface area contributed by atoms with Crippen molar-refractivity contribution in [2.24, 2.45) is 11.1 Å². The van der Waals surface area contributed by atoms with Crippen LogP contribution in [0, 0.1) is 12.3 Å². The van der Waals surface area contributed by atoms with Crippen LogP contribution in [0.15, 0.2) is 54.6 Å². The molecule has 1 fully saturated rings. The Balaban J connectivity index is 0.000000351. The molecule has 0 bridgehead atoms. The molecule has 2 amide bonds. The van der Waals surface area contributed by atoms with Gasteiger partial charge in [-0.1, -0.05) is 68.8 Å². The van der Waals surface area contributed by atoms with E-state index in [2.05, 4.69) is 34.7 Å². The number of carbonyl (C=O) groups excluding carboxylic acids is 3. The standard InChI is InChI=1S/C16H25N3O.C9H18N2O2.C8H7F3/c1-18-10-5-8-15(18)13-19(16(20)12-17)11-9-14-6-3-2-4-7-14;1-9(2,3)7(6-12)11-8(13)5-10-4;1-6-2-4-7(5-3-6)8(9,10)11/h2-4,6-7,15H,5,8-13,17H2,1H3;6-7,10H,5H2,1-4H3,(H,11,13);2-5H,1H3. The van der Waals surface area contributed by atoms with E-state index in [0.29, 0.717) is 6.04 Å². The molecule has 4 N–H and O–H groups in total. The second-order valence-electron chi connectivity index (χ2n) is 12.0. The Morgan fingerprint density at radius 2 is 1.70 bits per heavy atom.